The lowest BCUT2D eigenvalue weighted by Gasteiger charge is -2.15. The van der Waals surface area contributed by atoms with Crippen LogP contribution < -0.4 is 14.8 Å². The fraction of sp³-hybridized carbons (Fsp3) is 0.273. The van der Waals surface area contributed by atoms with Gasteiger partial charge in [0.15, 0.2) is 24.2 Å². The molecule has 1 atom stereocenters. The Balaban J connectivity index is 1.86. The lowest BCUT2D eigenvalue weighted by atomic mass is 10.1. The Kier molecular flexibility index (Phi) is 7.63. The molecule has 1 amide bonds. The van der Waals surface area contributed by atoms with Crippen LogP contribution in [0.4, 0.5) is 5.69 Å². The first-order valence-electron chi connectivity index (χ1n) is 8.90. The normalized spacial score (nSPS) is 11.2. The second-order valence-electron chi connectivity index (χ2n) is 6.25. The lowest BCUT2D eigenvalue weighted by Crippen LogP contribution is -2.31. The molecule has 0 fully saturated rings. The van der Waals surface area contributed by atoms with E-state index in [2.05, 4.69) is 11.9 Å². The molecule has 0 saturated heterocycles. The highest BCUT2D eigenvalue weighted by Crippen LogP contribution is 2.28. The molecule has 0 aromatic heterocycles. The first kappa shape index (κ1) is 21.0. The summed E-state index contributed by atoms with van der Waals surface area (Å²) in [6.07, 6.45) is 1.54. The van der Waals surface area contributed by atoms with Crippen LogP contribution in [0, 0.1) is 6.92 Å². The first-order valence-corrected chi connectivity index (χ1v) is 8.90. The van der Waals surface area contributed by atoms with Crippen LogP contribution in [0.5, 0.6) is 11.5 Å². The van der Waals surface area contributed by atoms with E-state index in [-0.39, 0.29) is 6.61 Å². The molecule has 0 aliphatic carbocycles. The second kappa shape index (κ2) is 10.2. The van der Waals surface area contributed by atoms with Crippen molar-refractivity contribution in [2.75, 3.05) is 19.0 Å². The van der Waals surface area contributed by atoms with Gasteiger partial charge in [-0.1, -0.05) is 29.8 Å². The van der Waals surface area contributed by atoms with Gasteiger partial charge in [0.05, 0.1) is 7.11 Å². The van der Waals surface area contributed by atoms with E-state index in [1.165, 1.54) is 14.0 Å². The number of hydrogen-bond donors (Lipinski definition) is 1. The Morgan fingerprint density at radius 3 is 2.50 bits per heavy atom. The minimum Gasteiger partial charge on any atom is -0.493 e. The highest BCUT2D eigenvalue weighted by Gasteiger charge is 2.19. The third-order valence-corrected chi connectivity index (χ3v) is 3.95. The van der Waals surface area contributed by atoms with Crippen LogP contribution in [0.3, 0.4) is 0 Å². The van der Waals surface area contributed by atoms with Crippen LogP contribution in [0.1, 0.15) is 18.1 Å². The second-order valence-corrected chi connectivity index (χ2v) is 6.25. The van der Waals surface area contributed by atoms with Crippen LogP contribution >= 0.6 is 0 Å². The highest BCUT2D eigenvalue weighted by atomic mass is 16.6. The van der Waals surface area contributed by atoms with Gasteiger partial charge < -0.3 is 19.5 Å². The molecule has 0 aliphatic heterocycles. The Bertz CT molecular complexity index is 829. The number of ether oxygens (including phenoxy) is 3. The molecule has 0 heterocycles. The summed E-state index contributed by atoms with van der Waals surface area (Å²) in [5, 5.41) is 2.70. The van der Waals surface area contributed by atoms with Crippen LogP contribution in [0.2, 0.25) is 0 Å². The fourth-order valence-corrected chi connectivity index (χ4v) is 2.43. The number of esters is 1. The van der Waals surface area contributed by atoms with Gasteiger partial charge in [-0.3, -0.25) is 4.79 Å². The summed E-state index contributed by atoms with van der Waals surface area (Å²) >= 11 is 0. The van der Waals surface area contributed by atoms with E-state index >= 15 is 0 Å². The van der Waals surface area contributed by atoms with Crippen molar-refractivity contribution in [1.82, 2.24) is 0 Å². The average Bonchev–Trinajstić information content (AvgIpc) is 2.68. The minimum absolute atomic E-state index is 0.334. The molecule has 0 bridgehead atoms. The molecule has 1 N–H and O–H groups in total. The first-order chi connectivity index (χ1) is 13.4. The van der Waals surface area contributed by atoms with Gasteiger partial charge in [-0.15, -0.1) is 6.58 Å². The predicted octanol–water partition coefficient (Wildman–Crippen LogP) is 3.68. The smallest absolute Gasteiger partial charge is 0.344 e. The molecule has 2 aromatic carbocycles. The van der Waals surface area contributed by atoms with Gasteiger partial charge in [-0.25, -0.2) is 4.79 Å². The average molecular weight is 383 g/mol. The number of aryl methyl sites for hydroxylation is 1. The Labute approximate surface area is 165 Å². The number of carbonyl (C=O) groups is 2. The van der Waals surface area contributed by atoms with E-state index in [1.807, 2.05) is 31.2 Å². The number of methoxy groups -OCH3 is 1. The van der Waals surface area contributed by atoms with Crippen molar-refractivity contribution in [3.05, 3.63) is 66.2 Å². The molecule has 2 aromatic rings. The number of benzene rings is 2. The number of nitrogens with one attached hydrogen (secondary N) is 1. The monoisotopic (exact) mass is 383 g/mol. The third-order valence-electron chi connectivity index (χ3n) is 3.95. The predicted molar refractivity (Wildman–Crippen MR) is 108 cm³/mol. The molecule has 0 radical (unpaired) electrons. The summed E-state index contributed by atoms with van der Waals surface area (Å²) in [4.78, 5) is 24.2. The van der Waals surface area contributed by atoms with E-state index < -0.39 is 18.0 Å². The van der Waals surface area contributed by atoms with Gasteiger partial charge in [0, 0.05) is 5.69 Å². The summed E-state index contributed by atoms with van der Waals surface area (Å²) < 4.78 is 15.9. The third kappa shape index (κ3) is 6.16. The maximum atomic E-state index is 12.1. The number of anilines is 1. The molecular formula is C22H25NO5. The van der Waals surface area contributed by atoms with Crippen molar-refractivity contribution in [3.63, 3.8) is 0 Å². The van der Waals surface area contributed by atoms with Gasteiger partial charge in [-0.2, -0.15) is 0 Å². The SMILES string of the molecule is C=CCc1ccc(OCC(=O)O[C@@H](C)C(=O)Nc2ccc(C)cc2)c(OC)c1. The summed E-state index contributed by atoms with van der Waals surface area (Å²) in [5.41, 5.74) is 2.74. The maximum absolute atomic E-state index is 12.1. The molecule has 0 unspecified atom stereocenters. The zero-order valence-electron chi connectivity index (χ0n) is 16.4. The van der Waals surface area contributed by atoms with Crippen molar-refractivity contribution in [3.8, 4) is 11.5 Å². The fourth-order valence-electron chi connectivity index (χ4n) is 2.43. The summed E-state index contributed by atoms with van der Waals surface area (Å²) in [6, 6.07) is 12.7. The van der Waals surface area contributed by atoms with Crippen molar-refractivity contribution in [1.29, 1.82) is 0 Å². The van der Waals surface area contributed by atoms with Gasteiger partial charge in [0.2, 0.25) is 0 Å². The molecule has 148 valence electrons. The summed E-state index contributed by atoms with van der Waals surface area (Å²) in [7, 11) is 1.52. The molecule has 6 nitrogen and oxygen atoms in total. The molecule has 0 saturated carbocycles. The van der Waals surface area contributed by atoms with E-state index in [9.17, 15) is 9.59 Å². The highest BCUT2D eigenvalue weighted by molar-refractivity contribution is 5.95. The van der Waals surface area contributed by atoms with Crippen molar-refractivity contribution in [2.45, 2.75) is 26.4 Å². The van der Waals surface area contributed by atoms with E-state index in [4.69, 9.17) is 14.2 Å². The summed E-state index contributed by atoms with van der Waals surface area (Å²) in [5.74, 6) is -0.131. The topological polar surface area (TPSA) is 73.9 Å². The van der Waals surface area contributed by atoms with E-state index in [1.54, 1.807) is 24.3 Å². The largest absolute Gasteiger partial charge is 0.493 e. The van der Waals surface area contributed by atoms with Gasteiger partial charge in [0.25, 0.3) is 5.91 Å². The van der Waals surface area contributed by atoms with Gasteiger partial charge >= 0.3 is 5.97 Å². The molecule has 28 heavy (non-hydrogen) atoms. The molecule has 2 rings (SSSR count). The number of amides is 1. The Morgan fingerprint density at radius 1 is 1.14 bits per heavy atom. The number of rotatable bonds is 9. The molecule has 0 aliphatic rings. The van der Waals surface area contributed by atoms with Crippen LogP contribution in [-0.2, 0) is 20.7 Å². The van der Waals surface area contributed by atoms with Crippen LogP contribution in [0.25, 0.3) is 0 Å². The zero-order chi connectivity index (χ0) is 20.5. The van der Waals surface area contributed by atoms with Crippen molar-refractivity contribution >= 4 is 17.6 Å². The quantitative estimate of drug-likeness (QED) is 0.528. The maximum Gasteiger partial charge on any atom is 0.344 e. The molecule has 0 spiro atoms. The van der Waals surface area contributed by atoms with Gasteiger partial charge in [0.1, 0.15) is 0 Å². The summed E-state index contributed by atoms with van der Waals surface area (Å²) in [6.45, 7) is 6.83. The zero-order valence-corrected chi connectivity index (χ0v) is 16.4. The number of hydrogen-bond acceptors (Lipinski definition) is 5. The van der Waals surface area contributed by atoms with Crippen LogP contribution in [0.15, 0.2) is 55.1 Å². The standard InChI is InChI=1S/C22H25NO5/c1-5-6-17-9-12-19(20(13-17)26-4)27-14-21(24)28-16(3)22(25)23-18-10-7-15(2)8-11-18/h5,7-13,16H,1,6,14H2,2-4H3,(H,23,25)/t16-/m0/s1. The van der Waals surface area contributed by atoms with Crippen LogP contribution in [-0.4, -0.2) is 31.7 Å². The Morgan fingerprint density at radius 2 is 1.86 bits per heavy atom. The van der Waals surface area contributed by atoms with Crippen molar-refractivity contribution < 1.29 is 23.8 Å². The molecular weight excluding hydrogens is 358 g/mol. The van der Waals surface area contributed by atoms with E-state index in [0.29, 0.717) is 23.6 Å². The minimum atomic E-state index is -0.950. The number of allylic oxidation sites excluding steroid dienone is 1. The number of carbonyl (C=O) groups excluding carboxylic acids is 2. The van der Waals surface area contributed by atoms with Crippen molar-refractivity contribution in [2.24, 2.45) is 0 Å². The Hall–Kier alpha value is -3.28. The lowest BCUT2D eigenvalue weighted by molar-refractivity contribution is -0.155. The van der Waals surface area contributed by atoms with E-state index in [0.717, 1.165) is 11.1 Å². The van der Waals surface area contributed by atoms with Gasteiger partial charge in [-0.05, 0) is 50.1 Å². The molecule has 6 heteroatoms.